The summed E-state index contributed by atoms with van der Waals surface area (Å²) in [6, 6.07) is 5.59. The van der Waals surface area contributed by atoms with Crippen LogP contribution in [0.15, 0.2) is 24.4 Å². The number of halogens is 1. The molecule has 0 saturated carbocycles. The van der Waals surface area contributed by atoms with Crippen molar-refractivity contribution >= 4 is 29.2 Å². The molecule has 1 aromatic heterocycles. The first-order valence-corrected chi connectivity index (χ1v) is 6.75. The smallest absolute Gasteiger partial charge is 0.251 e. The second kappa shape index (κ2) is 6.72. The molecule has 3 N–H and O–H groups in total. The highest BCUT2D eigenvalue weighted by molar-refractivity contribution is 5.97. The Balaban J connectivity index is 0.00000147. The number of aromatic nitrogens is 2. The Morgan fingerprint density at radius 2 is 2.15 bits per heavy atom. The zero-order valence-corrected chi connectivity index (χ0v) is 12.0. The monoisotopic (exact) mass is 294 g/mol. The normalized spacial score (nSPS) is 15.8. The molecule has 0 unspecified atom stereocenters. The molecule has 1 fully saturated rings. The predicted molar refractivity (Wildman–Crippen MR) is 81.3 cm³/mol. The molecule has 2 aromatic rings. The average molecular weight is 295 g/mol. The van der Waals surface area contributed by atoms with Gasteiger partial charge in [0.05, 0.1) is 11.7 Å². The number of H-pyrrole nitrogens is 1. The van der Waals surface area contributed by atoms with Gasteiger partial charge >= 0.3 is 0 Å². The van der Waals surface area contributed by atoms with E-state index in [9.17, 15) is 4.79 Å². The lowest BCUT2D eigenvalue weighted by Gasteiger charge is -2.22. The molecule has 0 radical (unpaired) electrons. The molecule has 1 amide bonds. The van der Waals surface area contributed by atoms with Crippen LogP contribution < -0.4 is 10.6 Å². The van der Waals surface area contributed by atoms with E-state index in [1.807, 2.05) is 18.2 Å². The first kappa shape index (κ1) is 14.8. The number of nitrogens with zero attached hydrogens (tertiary/aromatic N) is 1. The Bertz CT molecular complexity index is 577. The zero-order chi connectivity index (χ0) is 13.1. The summed E-state index contributed by atoms with van der Waals surface area (Å²) in [6.07, 6.45) is 4.01. The van der Waals surface area contributed by atoms with Crippen LogP contribution in [0.5, 0.6) is 0 Å². The van der Waals surface area contributed by atoms with Crippen molar-refractivity contribution in [2.45, 2.75) is 12.8 Å². The van der Waals surface area contributed by atoms with Crippen molar-refractivity contribution in [1.82, 2.24) is 20.8 Å². The maximum absolute atomic E-state index is 12.1. The third-order valence-corrected chi connectivity index (χ3v) is 3.71. The maximum atomic E-state index is 12.1. The van der Waals surface area contributed by atoms with Crippen LogP contribution in [0.25, 0.3) is 10.9 Å². The Kier molecular flexibility index (Phi) is 4.98. The van der Waals surface area contributed by atoms with Gasteiger partial charge in [-0.1, -0.05) is 0 Å². The first-order chi connectivity index (χ1) is 9.33. The Labute approximate surface area is 123 Å². The predicted octanol–water partition coefficient (Wildman–Crippen LogP) is 1.71. The molecule has 20 heavy (non-hydrogen) atoms. The van der Waals surface area contributed by atoms with Crippen molar-refractivity contribution in [2.24, 2.45) is 5.92 Å². The largest absolute Gasteiger partial charge is 0.352 e. The van der Waals surface area contributed by atoms with Crippen LogP contribution in [0.2, 0.25) is 0 Å². The van der Waals surface area contributed by atoms with Crippen LogP contribution in [0.1, 0.15) is 23.2 Å². The summed E-state index contributed by atoms with van der Waals surface area (Å²) in [5, 5.41) is 14.2. The van der Waals surface area contributed by atoms with E-state index in [1.54, 1.807) is 6.20 Å². The average Bonchev–Trinajstić information content (AvgIpc) is 2.93. The van der Waals surface area contributed by atoms with Crippen LogP contribution in [-0.2, 0) is 0 Å². The Morgan fingerprint density at radius 1 is 1.35 bits per heavy atom. The summed E-state index contributed by atoms with van der Waals surface area (Å²) in [7, 11) is 0. The van der Waals surface area contributed by atoms with Crippen molar-refractivity contribution in [2.75, 3.05) is 19.6 Å². The summed E-state index contributed by atoms with van der Waals surface area (Å²) in [6.45, 7) is 2.88. The number of fused-ring (bicyclic) bond motifs is 1. The topological polar surface area (TPSA) is 69.8 Å². The van der Waals surface area contributed by atoms with E-state index in [-0.39, 0.29) is 18.3 Å². The van der Waals surface area contributed by atoms with Gasteiger partial charge in [-0.2, -0.15) is 5.10 Å². The van der Waals surface area contributed by atoms with E-state index < -0.39 is 0 Å². The second-order valence-electron chi connectivity index (χ2n) is 5.08. The van der Waals surface area contributed by atoms with Crippen LogP contribution in [-0.4, -0.2) is 35.7 Å². The highest BCUT2D eigenvalue weighted by atomic mass is 35.5. The molecule has 1 aliphatic rings. The van der Waals surface area contributed by atoms with Crippen molar-refractivity contribution in [3.05, 3.63) is 30.0 Å². The molecule has 0 aliphatic carbocycles. The summed E-state index contributed by atoms with van der Waals surface area (Å²) >= 11 is 0. The molecule has 0 spiro atoms. The van der Waals surface area contributed by atoms with Gasteiger partial charge in [0.2, 0.25) is 0 Å². The molecule has 1 aliphatic heterocycles. The fourth-order valence-corrected chi connectivity index (χ4v) is 2.51. The molecule has 0 bridgehead atoms. The van der Waals surface area contributed by atoms with E-state index in [0.29, 0.717) is 11.5 Å². The van der Waals surface area contributed by atoms with Gasteiger partial charge < -0.3 is 10.6 Å². The number of aromatic amines is 1. The van der Waals surface area contributed by atoms with E-state index in [2.05, 4.69) is 20.8 Å². The first-order valence-electron chi connectivity index (χ1n) is 6.75. The summed E-state index contributed by atoms with van der Waals surface area (Å²) in [5.74, 6) is 0.601. The minimum absolute atomic E-state index is 0. The molecule has 108 valence electrons. The third kappa shape index (κ3) is 3.29. The van der Waals surface area contributed by atoms with Crippen molar-refractivity contribution in [3.8, 4) is 0 Å². The SMILES string of the molecule is Cl.O=C(NCC1CCNCC1)c1ccc2[nH]ncc2c1. The molecule has 2 heterocycles. The number of piperidine rings is 1. The highest BCUT2D eigenvalue weighted by Gasteiger charge is 2.14. The fraction of sp³-hybridized carbons (Fsp3) is 0.429. The van der Waals surface area contributed by atoms with Gasteiger partial charge in [-0.25, -0.2) is 0 Å². The standard InChI is InChI=1S/C14H18N4O.ClH/c19-14(16-8-10-3-5-15-6-4-10)11-1-2-13-12(7-11)9-17-18-13;/h1-2,7,9-10,15H,3-6,8H2,(H,16,19)(H,17,18);1H. The van der Waals surface area contributed by atoms with E-state index in [1.165, 1.54) is 0 Å². The minimum atomic E-state index is 0. The van der Waals surface area contributed by atoms with Crippen LogP contribution in [0, 0.1) is 5.92 Å². The fourth-order valence-electron chi connectivity index (χ4n) is 2.51. The van der Waals surface area contributed by atoms with Gasteiger partial charge in [0, 0.05) is 17.5 Å². The number of amides is 1. The van der Waals surface area contributed by atoms with Crippen LogP contribution >= 0.6 is 12.4 Å². The van der Waals surface area contributed by atoms with Crippen molar-refractivity contribution in [3.63, 3.8) is 0 Å². The zero-order valence-electron chi connectivity index (χ0n) is 11.2. The summed E-state index contributed by atoms with van der Waals surface area (Å²) < 4.78 is 0. The summed E-state index contributed by atoms with van der Waals surface area (Å²) in [5.41, 5.74) is 1.65. The number of benzene rings is 1. The van der Waals surface area contributed by atoms with E-state index in [0.717, 1.165) is 43.4 Å². The lowest BCUT2D eigenvalue weighted by atomic mass is 9.98. The Morgan fingerprint density at radius 3 is 2.95 bits per heavy atom. The van der Waals surface area contributed by atoms with Gasteiger partial charge in [-0.05, 0) is 50.0 Å². The van der Waals surface area contributed by atoms with Gasteiger partial charge in [0.15, 0.2) is 0 Å². The highest BCUT2D eigenvalue weighted by Crippen LogP contribution is 2.14. The van der Waals surface area contributed by atoms with Crippen LogP contribution in [0.3, 0.4) is 0 Å². The number of carbonyl (C=O) groups excluding carboxylic acids is 1. The molecule has 6 heteroatoms. The van der Waals surface area contributed by atoms with Crippen molar-refractivity contribution < 1.29 is 4.79 Å². The van der Waals surface area contributed by atoms with Crippen molar-refractivity contribution in [1.29, 1.82) is 0 Å². The van der Waals surface area contributed by atoms with Gasteiger partial charge in [-0.15, -0.1) is 12.4 Å². The summed E-state index contributed by atoms with van der Waals surface area (Å²) in [4.78, 5) is 12.1. The van der Waals surface area contributed by atoms with E-state index >= 15 is 0 Å². The molecule has 1 aromatic carbocycles. The molecule has 5 nitrogen and oxygen atoms in total. The molecule has 0 atom stereocenters. The lowest BCUT2D eigenvalue weighted by molar-refractivity contribution is 0.0944. The Hall–Kier alpha value is -1.59. The second-order valence-corrected chi connectivity index (χ2v) is 5.08. The molecular formula is C14H19ClN4O. The number of hydrogen-bond donors (Lipinski definition) is 3. The minimum Gasteiger partial charge on any atom is -0.352 e. The molecule has 3 rings (SSSR count). The molecular weight excluding hydrogens is 276 g/mol. The number of hydrogen-bond acceptors (Lipinski definition) is 3. The quantitative estimate of drug-likeness (QED) is 0.807. The van der Waals surface area contributed by atoms with Gasteiger partial charge in [-0.3, -0.25) is 9.89 Å². The number of rotatable bonds is 3. The van der Waals surface area contributed by atoms with Crippen LogP contribution in [0.4, 0.5) is 0 Å². The van der Waals surface area contributed by atoms with Gasteiger partial charge in [0.25, 0.3) is 5.91 Å². The number of carbonyl (C=O) groups is 1. The third-order valence-electron chi connectivity index (χ3n) is 3.71. The van der Waals surface area contributed by atoms with E-state index in [4.69, 9.17) is 0 Å². The van der Waals surface area contributed by atoms with Gasteiger partial charge in [0.1, 0.15) is 0 Å². The molecule has 1 saturated heterocycles. The number of nitrogens with one attached hydrogen (secondary N) is 3. The lowest BCUT2D eigenvalue weighted by Crippen LogP contribution is -2.35. The maximum Gasteiger partial charge on any atom is 0.251 e.